The zero-order chi connectivity index (χ0) is 24.9. The number of aryl methyl sites for hydroxylation is 1. The Hall–Kier alpha value is -3.54. The lowest BCUT2D eigenvalue weighted by atomic mass is 9.84. The van der Waals surface area contributed by atoms with Crippen molar-refractivity contribution < 1.29 is 19.1 Å². The van der Waals surface area contributed by atoms with Gasteiger partial charge in [-0.2, -0.15) is 5.10 Å². The number of hydrogen-bond donors (Lipinski definition) is 3. The summed E-state index contributed by atoms with van der Waals surface area (Å²) in [6.07, 6.45) is 3.06. The SMILES string of the molecule is Cc1ncc(NC(=O)CN2CC(C)(C)C2)cc1-c1c(-c2ccc(CO)o2)sc2c(C(N)=O)cnn12. The van der Waals surface area contributed by atoms with Crippen LogP contribution in [0.15, 0.2) is 35.0 Å². The summed E-state index contributed by atoms with van der Waals surface area (Å²) in [5.41, 5.74) is 8.74. The highest BCUT2D eigenvalue weighted by molar-refractivity contribution is 7.21. The summed E-state index contributed by atoms with van der Waals surface area (Å²) in [6.45, 7) is 8.06. The van der Waals surface area contributed by atoms with Crippen molar-refractivity contribution in [3.05, 3.63) is 47.6 Å². The van der Waals surface area contributed by atoms with E-state index >= 15 is 0 Å². The molecule has 35 heavy (non-hydrogen) atoms. The van der Waals surface area contributed by atoms with Crippen LogP contribution < -0.4 is 11.1 Å². The molecule has 1 fully saturated rings. The first-order valence-electron chi connectivity index (χ1n) is 11.1. The molecule has 1 aliphatic rings. The normalized spacial score (nSPS) is 15.3. The Morgan fingerprint density at radius 2 is 2.06 bits per heavy atom. The lowest BCUT2D eigenvalue weighted by Gasteiger charge is -2.45. The number of pyridine rings is 1. The van der Waals surface area contributed by atoms with E-state index in [-0.39, 0.29) is 17.9 Å². The third kappa shape index (κ3) is 4.33. The molecule has 1 saturated heterocycles. The molecule has 0 saturated carbocycles. The Morgan fingerprint density at radius 3 is 2.71 bits per heavy atom. The summed E-state index contributed by atoms with van der Waals surface area (Å²) in [5, 5.41) is 16.8. The van der Waals surface area contributed by atoms with E-state index < -0.39 is 5.91 Å². The van der Waals surface area contributed by atoms with Crippen molar-refractivity contribution in [3.63, 3.8) is 0 Å². The van der Waals surface area contributed by atoms with Crippen LogP contribution in [0.1, 0.15) is 35.7 Å². The largest absolute Gasteiger partial charge is 0.458 e. The number of rotatable bonds is 7. The monoisotopic (exact) mass is 494 g/mol. The van der Waals surface area contributed by atoms with Crippen molar-refractivity contribution in [1.82, 2.24) is 19.5 Å². The van der Waals surface area contributed by atoms with Crippen LogP contribution in [0.25, 0.3) is 26.7 Å². The molecule has 0 aromatic carbocycles. The van der Waals surface area contributed by atoms with Crippen LogP contribution in [0.4, 0.5) is 5.69 Å². The van der Waals surface area contributed by atoms with E-state index in [4.69, 9.17) is 10.2 Å². The Labute approximate surface area is 205 Å². The van der Waals surface area contributed by atoms with E-state index in [2.05, 4.69) is 34.1 Å². The van der Waals surface area contributed by atoms with Crippen molar-refractivity contribution in [1.29, 1.82) is 0 Å². The van der Waals surface area contributed by atoms with Gasteiger partial charge < -0.3 is 20.6 Å². The van der Waals surface area contributed by atoms with Crippen LogP contribution in [0.3, 0.4) is 0 Å². The molecule has 5 heterocycles. The van der Waals surface area contributed by atoms with Crippen LogP contribution in [-0.2, 0) is 11.4 Å². The zero-order valence-electron chi connectivity index (χ0n) is 19.7. The molecule has 4 aromatic rings. The number of furan rings is 1. The van der Waals surface area contributed by atoms with Crippen molar-refractivity contribution in [2.75, 3.05) is 25.0 Å². The van der Waals surface area contributed by atoms with Gasteiger partial charge in [0.05, 0.1) is 40.8 Å². The maximum Gasteiger partial charge on any atom is 0.253 e. The van der Waals surface area contributed by atoms with Crippen LogP contribution >= 0.6 is 11.3 Å². The molecule has 1 aliphatic heterocycles. The Balaban J connectivity index is 1.54. The van der Waals surface area contributed by atoms with Gasteiger partial charge in [0.1, 0.15) is 23.0 Å². The van der Waals surface area contributed by atoms with E-state index in [0.717, 1.165) is 18.7 Å². The summed E-state index contributed by atoms with van der Waals surface area (Å²) in [7, 11) is 0. The minimum absolute atomic E-state index is 0.110. The first-order valence-corrected chi connectivity index (χ1v) is 12.0. The maximum atomic E-state index is 12.6. The number of amides is 2. The lowest BCUT2D eigenvalue weighted by Crippen LogP contribution is -2.54. The maximum absolute atomic E-state index is 12.6. The minimum atomic E-state index is -0.583. The number of thiazole rings is 1. The number of carbonyl (C=O) groups is 2. The second kappa shape index (κ2) is 8.59. The molecular weight excluding hydrogens is 468 g/mol. The quantitative estimate of drug-likeness (QED) is 0.359. The molecule has 4 aromatic heterocycles. The van der Waals surface area contributed by atoms with Gasteiger partial charge in [-0.3, -0.25) is 19.5 Å². The molecule has 4 N–H and O–H groups in total. The fraction of sp³-hybridized carbons (Fsp3) is 0.333. The smallest absolute Gasteiger partial charge is 0.253 e. The number of fused-ring (bicyclic) bond motifs is 1. The van der Waals surface area contributed by atoms with Gasteiger partial charge in [-0.05, 0) is 30.5 Å². The number of aliphatic hydroxyl groups is 1. The van der Waals surface area contributed by atoms with Crippen molar-refractivity contribution in [2.45, 2.75) is 27.4 Å². The molecule has 11 heteroatoms. The topological polar surface area (TPSA) is 139 Å². The van der Waals surface area contributed by atoms with Gasteiger partial charge in [0.2, 0.25) is 5.91 Å². The lowest BCUT2D eigenvalue weighted by molar-refractivity contribution is -0.120. The second-order valence-corrected chi connectivity index (χ2v) is 10.6. The summed E-state index contributed by atoms with van der Waals surface area (Å²) in [6, 6.07) is 5.29. The number of hydrogen-bond acceptors (Lipinski definition) is 8. The predicted molar refractivity (Wildman–Crippen MR) is 132 cm³/mol. The van der Waals surface area contributed by atoms with Gasteiger partial charge in [-0.1, -0.05) is 13.8 Å². The van der Waals surface area contributed by atoms with Gasteiger partial charge in [0, 0.05) is 24.3 Å². The van der Waals surface area contributed by atoms with E-state index in [9.17, 15) is 14.7 Å². The Bertz CT molecular complexity index is 1440. The summed E-state index contributed by atoms with van der Waals surface area (Å²) in [4.78, 5) is 32.5. The fourth-order valence-corrected chi connectivity index (χ4v) is 5.70. The molecule has 10 nitrogen and oxygen atoms in total. The third-order valence-corrected chi connectivity index (χ3v) is 7.14. The predicted octanol–water partition coefficient (Wildman–Crippen LogP) is 2.90. The highest BCUT2D eigenvalue weighted by atomic mass is 32.1. The summed E-state index contributed by atoms with van der Waals surface area (Å²) >= 11 is 1.31. The number of likely N-dealkylation sites (tertiary alicyclic amines) is 1. The highest BCUT2D eigenvalue weighted by Gasteiger charge is 2.34. The molecule has 0 aliphatic carbocycles. The number of carbonyl (C=O) groups excluding carboxylic acids is 2. The van der Waals surface area contributed by atoms with E-state index in [1.54, 1.807) is 22.8 Å². The van der Waals surface area contributed by atoms with Crippen molar-refractivity contribution >= 4 is 33.7 Å². The van der Waals surface area contributed by atoms with Crippen LogP contribution in [0.2, 0.25) is 0 Å². The van der Waals surface area contributed by atoms with Crippen LogP contribution in [0, 0.1) is 12.3 Å². The number of aliphatic hydroxyl groups excluding tert-OH is 1. The minimum Gasteiger partial charge on any atom is -0.458 e. The van der Waals surface area contributed by atoms with Crippen molar-refractivity contribution in [3.8, 4) is 21.9 Å². The fourth-order valence-electron chi connectivity index (χ4n) is 4.51. The first-order chi connectivity index (χ1) is 16.6. The number of nitrogens with one attached hydrogen (secondary N) is 1. The number of primary amides is 1. The number of anilines is 1. The third-order valence-electron chi connectivity index (χ3n) is 5.95. The number of aromatic nitrogens is 3. The van der Waals surface area contributed by atoms with E-state index in [0.29, 0.717) is 50.4 Å². The van der Waals surface area contributed by atoms with E-state index in [1.165, 1.54) is 17.5 Å². The molecule has 0 atom stereocenters. The van der Waals surface area contributed by atoms with Crippen LogP contribution in [0.5, 0.6) is 0 Å². The standard InChI is InChI=1S/C24H26N6O4S/c1-13-16(6-14(7-26-13)28-19(32)9-29-11-24(2,3)12-29)20-21(18-5-4-15(10-31)34-18)35-23-17(22(25)33)8-27-30(20)23/h4-8,31H,9-12H2,1-3H3,(H2,25,33)(H,28,32). The first kappa shape index (κ1) is 23.2. The van der Waals surface area contributed by atoms with Gasteiger partial charge in [-0.15, -0.1) is 11.3 Å². The molecule has 182 valence electrons. The molecular formula is C24H26N6O4S. The molecule has 2 amide bonds. The average Bonchev–Trinajstić information content (AvgIpc) is 3.48. The summed E-state index contributed by atoms with van der Waals surface area (Å²) in [5.74, 6) is 0.239. The number of nitrogens with zero attached hydrogens (tertiary/aromatic N) is 4. The molecule has 0 unspecified atom stereocenters. The van der Waals surface area contributed by atoms with Gasteiger partial charge >= 0.3 is 0 Å². The zero-order valence-corrected chi connectivity index (χ0v) is 20.5. The van der Waals surface area contributed by atoms with Crippen LogP contribution in [-0.4, -0.2) is 56.1 Å². The Morgan fingerprint density at radius 1 is 1.29 bits per heavy atom. The second-order valence-electron chi connectivity index (χ2n) is 9.56. The Kier molecular flexibility index (Phi) is 5.70. The molecule has 5 rings (SSSR count). The average molecular weight is 495 g/mol. The molecule has 0 bridgehead atoms. The summed E-state index contributed by atoms with van der Waals surface area (Å²) < 4.78 is 7.44. The highest BCUT2D eigenvalue weighted by Crippen LogP contribution is 2.42. The molecule has 0 spiro atoms. The van der Waals surface area contributed by atoms with E-state index in [1.807, 2.05) is 13.0 Å². The molecule has 0 radical (unpaired) electrons. The van der Waals surface area contributed by atoms with Gasteiger partial charge in [-0.25, -0.2) is 4.52 Å². The number of nitrogens with two attached hydrogens (primary N) is 1. The van der Waals surface area contributed by atoms with Crippen molar-refractivity contribution in [2.24, 2.45) is 11.1 Å². The van der Waals surface area contributed by atoms with Gasteiger partial charge in [0.25, 0.3) is 5.91 Å². The van der Waals surface area contributed by atoms with Gasteiger partial charge in [0.15, 0.2) is 0 Å².